The van der Waals surface area contributed by atoms with Crippen LogP contribution in [-0.2, 0) is 0 Å². The zero-order valence-corrected chi connectivity index (χ0v) is 11.4. The van der Waals surface area contributed by atoms with Crippen LogP contribution in [-0.4, -0.2) is 33.2 Å². The van der Waals surface area contributed by atoms with Crippen molar-refractivity contribution in [2.24, 2.45) is 0 Å². The summed E-state index contributed by atoms with van der Waals surface area (Å²) in [4.78, 5) is 8.63. The van der Waals surface area contributed by atoms with E-state index in [1.807, 2.05) is 24.4 Å². The van der Waals surface area contributed by atoms with Crippen molar-refractivity contribution in [1.29, 1.82) is 0 Å². The van der Waals surface area contributed by atoms with Crippen LogP contribution in [0.25, 0.3) is 11.3 Å². The van der Waals surface area contributed by atoms with Gasteiger partial charge in [0, 0.05) is 51.3 Å². The fourth-order valence-corrected chi connectivity index (χ4v) is 1.79. The maximum Gasteiger partial charge on any atom is 0.0703 e. The molecule has 0 aliphatic rings. The number of hydrogen-bond donors (Lipinski definition) is 0. The minimum absolute atomic E-state index is 1.00. The average molecular weight is 241 g/mol. The van der Waals surface area contributed by atoms with E-state index in [9.17, 15) is 0 Å². The van der Waals surface area contributed by atoms with E-state index in [2.05, 4.69) is 61.2 Å². The second-order valence-electron chi connectivity index (χ2n) is 4.74. The topological polar surface area (TPSA) is 19.4 Å². The van der Waals surface area contributed by atoms with E-state index in [4.69, 9.17) is 0 Å². The largest absolute Gasteiger partial charge is 0.378 e. The standard InChI is InChI=1S/C15H19N3/c1-17(2)13-9-12(10-14(11-13)18(3)4)15-7-5-6-8-16-15/h5-11H,1-4H3. The molecule has 0 unspecified atom stereocenters. The van der Waals surface area contributed by atoms with Gasteiger partial charge in [-0.15, -0.1) is 0 Å². The molecule has 0 radical (unpaired) electrons. The second-order valence-corrected chi connectivity index (χ2v) is 4.74. The molecule has 1 heterocycles. The molecule has 0 atom stereocenters. The molecule has 2 rings (SSSR count). The highest BCUT2D eigenvalue weighted by atomic mass is 15.1. The van der Waals surface area contributed by atoms with E-state index in [1.54, 1.807) is 0 Å². The van der Waals surface area contributed by atoms with Crippen LogP contribution < -0.4 is 9.80 Å². The van der Waals surface area contributed by atoms with Gasteiger partial charge in [0.05, 0.1) is 5.69 Å². The molecule has 1 aromatic carbocycles. The van der Waals surface area contributed by atoms with Crippen LogP contribution in [0.3, 0.4) is 0 Å². The van der Waals surface area contributed by atoms with Gasteiger partial charge in [-0.1, -0.05) is 6.07 Å². The lowest BCUT2D eigenvalue weighted by atomic mass is 10.1. The molecule has 94 valence electrons. The monoisotopic (exact) mass is 241 g/mol. The molecule has 3 heteroatoms. The van der Waals surface area contributed by atoms with Crippen LogP contribution in [0, 0.1) is 0 Å². The third-order valence-corrected chi connectivity index (χ3v) is 2.90. The predicted octanol–water partition coefficient (Wildman–Crippen LogP) is 2.88. The normalized spacial score (nSPS) is 10.2. The summed E-state index contributed by atoms with van der Waals surface area (Å²) < 4.78 is 0. The number of pyridine rings is 1. The quantitative estimate of drug-likeness (QED) is 0.823. The molecule has 0 bridgehead atoms. The van der Waals surface area contributed by atoms with Crippen molar-refractivity contribution in [3.05, 3.63) is 42.6 Å². The highest BCUT2D eigenvalue weighted by Crippen LogP contribution is 2.28. The van der Waals surface area contributed by atoms with Gasteiger partial charge in [0.15, 0.2) is 0 Å². The Morgan fingerprint density at radius 3 is 1.89 bits per heavy atom. The zero-order valence-electron chi connectivity index (χ0n) is 11.4. The van der Waals surface area contributed by atoms with Gasteiger partial charge >= 0.3 is 0 Å². The Hall–Kier alpha value is -2.03. The number of nitrogens with zero attached hydrogens (tertiary/aromatic N) is 3. The average Bonchev–Trinajstić information content (AvgIpc) is 2.39. The molecule has 0 aliphatic heterocycles. The maximum atomic E-state index is 4.41. The zero-order chi connectivity index (χ0) is 13.1. The minimum atomic E-state index is 1.00. The first-order valence-electron chi connectivity index (χ1n) is 5.99. The molecule has 18 heavy (non-hydrogen) atoms. The van der Waals surface area contributed by atoms with Crippen LogP contribution in [0.15, 0.2) is 42.6 Å². The summed E-state index contributed by atoms with van der Waals surface area (Å²) >= 11 is 0. The third kappa shape index (κ3) is 2.62. The van der Waals surface area contributed by atoms with Crippen LogP contribution in [0.4, 0.5) is 11.4 Å². The summed E-state index contributed by atoms with van der Waals surface area (Å²) in [5, 5.41) is 0. The molecule has 1 aromatic heterocycles. The predicted molar refractivity (Wildman–Crippen MR) is 78.3 cm³/mol. The number of anilines is 2. The molecule has 0 spiro atoms. The van der Waals surface area contributed by atoms with Gasteiger partial charge in [0.1, 0.15) is 0 Å². The molecule has 0 N–H and O–H groups in total. The first kappa shape index (κ1) is 12.4. The lowest BCUT2D eigenvalue weighted by Gasteiger charge is -2.19. The maximum absolute atomic E-state index is 4.41. The summed E-state index contributed by atoms with van der Waals surface area (Å²) in [5.41, 5.74) is 4.51. The van der Waals surface area contributed by atoms with Crippen molar-refractivity contribution in [3.63, 3.8) is 0 Å². The Labute approximate surface area is 109 Å². The molecular formula is C15H19N3. The van der Waals surface area contributed by atoms with E-state index in [1.165, 1.54) is 11.4 Å². The molecule has 0 amide bonds. The Morgan fingerprint density at radius 2 is 1.44 bits per heavy atom. The van der Waals surface area contributed by atoms with Gasteiger partial charge < -0.3 is 9.80 Å². The van der Waals surface area contributed by atoms with E-state index in [0.29, 0.717) is 0 Å². The van der Waals surface area contributed by atoms with E-state index >= 15 is 0 Å². The molecule has 0 aliphatic carbocycles. The van der Waals surface area contributed by atoms with Crippen LogP contribution in [0.1, 0.15) is 0 Å². The van der Waals surface area contributed by atoms with Gasteiger partial charge in [-0.25, -0.2) is 0 Å². The summed E-state index contributed by atoms with van der Waals surface area (Å²) in [7, 11) is 8.21. The Kier molecular flexibility index (Phi) is 3.51. The fourth-order valence-electron chi connectivity index (χ4n) is 1.79. The number of hydrogen-bond acceptors (Lipinski definition) is 3. The molecule has 0 saturated carbocycles. The van der Waals surface area contributed by atoms with Crippen LogP contribution >= 0.6 is 0 Å². The summed E-state index contributed by atoms with van der Waals surface area (Å²) in [6.07, 6.45) is 1.83. The number of benzene rings is 1. The van der Waals surface area contributed by atoms with Crippen molar-refractivity contribution in [2.75, 3.05) is 38.0 Å². The van der Waals surface area contributed by atoms with Gasteiger partial charge in [-0.3, -0.25) is 4.98 Å². The second kappa shape index (κ2) is 5.08. The van der Waals surface area contributed by atoms with Crippen molar-refractivity contribution >= 4 is 11.4 Å². The van der Waals surface area contributed by atoms with E-state index in [0.717, 1.165) is 11.3 Å². The SMILES string of the molecule is CN(C)c1cc(-c2ccccn2)cc(N(C)C)c1. The van der Waals surface area contributed by atoms with Crippen LogP contribution in [0.5, 0.6) is 0 Å². The molecule has 0 saturated heterocycles. The fraction of sp³-hybridized carbons (Fsp3) is 0.267. The molecule has 2 aromatic rings. The lowest BCUT2D eigenvalue weighted by Crippen LogP contribution is -2.12. The lowest BCUT2D eigenvalue weighted by molar-refractivity contribution is 1.10. The van der Waals surface area contributed by atoms with Crippen LogP contribution in [0.2, 0.25) is 0 Å². The highest BCUT2D eigenvalue weighted by molar-refractivity contribution is 5.72. The number of rotatable bonds is 3. The van der Waals surface area contributed by atoms with Gasteiger partial charge in [0.25, 0.3) is 0 Å². The molecule has 3 nitrogen and oxygen atoms in total. The Bertz CT molecular complexity index is 492. The van der Waals surface area contributed by atoms with Crippen molar-refractivity contribution < 1.29 is 0 Å². The highest BCUT2D eigenvalue weighted by Gasteiger charge is 2.06. The first-order chi connectivity index (χ1) is 8.58. The molecular weight excluding hydrogens is 222 g/mol. The van der Waals surface area contributed by atoms with Gasteiger partial charge in [0.2, 0.25) is 0 Å². The van der Waals surface area contributed by atoms with E-state index < -0.39 is 0 Å². The van der Waals surface area contributed by atoms with E-state index in [-0.39, 0.29) is 0 Å². The summed E-state index contributed by atoms with van der Waals surface area (Å²) in [6, 6.07) is 12.5. The van der Waals surface area contributed by atoms with Crippen molar-refractivity contribution in [3.8, 4) is 11.3 Å². The Morgan fingerprint density at radius 1 is 0.833 bits per heavy atom. The van der Waals surface area contributed by atoms with Gasteiger partial charge in [-0.2, -0.15) is 0 Å². The first-order valence-corrected chi connectivity index (χ1v) is 5.99. The van der Waals surface area contributed by atoms with Crippen molar-refractivity contribution in [1.82, 2.24) is 4.98 Å². The molecule has 0 fully saturated rings. The summed E-state index contributed by atoms with van der Waals surface area (Å²) in [6.45, 7) is 0. The van der Waals surface area contributed by atoms with Crippen molar-refractivity contribution in [2.45, 2.75) is 0 Å². The smallest absolute Gasteiger partial charge is 0.0703 e. The summed E-state index contributed by atoms with van der Waals surface area (Å²) in [5.74, 6) is 0. The third-order valence-electron chi connectivity index (χ3n) is 2.90. The Balaban J connectivity index is 2.54. The number of aromatic nitrogens is 1. The van der Waals surface area contributed by atoms with Gasteiger partial charge in [-0.05, 0) is 30.3 Å². The minimum Gasteiger partial charge on any atom is -0.378 e.